The molecular weight excluding hydrogens is 442 g/mol. The van der Waals surface area contributed by atoms with Crippen molar-refractivity contribution in [2.75, 3.05) is 0 Å². The monoisotopic (exact) mass is 467 g/mol. The quantitative estimate of drug-likeness (QED) is 0.416. The minimum atomic E-state index is -0.622. The second-order valence-electron chi connectivity index (χ2n) is 8.17. The molecule has 0 spiro atoms. The van der Waals surface area contributed by atoms with Gasteiger partial charge in [-0.1, -0.05) is 37.6 Å². The third kappa shape index (κ3) is 3.68. The number of esters is 1. The molecule has 0 aliphatic rings. The van der Waals surface area contributed by atoms with Crippen LogP contribution >= 0.6 is 0 Å². The lowest BCUT2D eigenvalue weighted by molar-refractivity contribution is -0.142. The average Bonchev–Trinajstić information content (AvgIpc) is 3.22. The minimum Gasteiger partial charge on any atom is -0.494 e. The molecule has 4 aromatic rings. The van der Waals surface area contributed by atoms with E-state index in [0.29, 0.717) is 12.8 Å². The maximum atomic E-state index is 13.4. The van der Waals surface area contributed by atoms with E-state index in [1.165, 1.54) is 34.6 Å². The molecule has 4 rings (SSSR count). The zero-order chi connectivity index (χ0) is 24.7. The fourth-order valence-corrected chi connectivity index (χ4v) is 3.97. The van der Waals surface area contributed by atoms with Crippen LogP contribution in [0.3, 0.4) is 0 Å². The van der Waals surface area contributed by atoms with E-state index in [9.17, 15) is 24.3 Å². The number of carbonyl (C=O) groups is 1. The Bertz CT molecular complexity index is 1600. The van der Waals surface area contributed by atoms with Gasteiger partial charge in [0, 0.05) is 21.0 Å². The largest absolute Gasteiger partial charge is 0.494 e. The summed E-state index contributed by atoms with van der Waals surface area (Å²) in [4.78, 5) is 54.2. The number of nitrogens with zero attached hydrogens (tertiary/aromatic N) is 5. The predicted octanol–water partition coefficient (Wildman–Crippen LogP) is 0.816. The number of hydrogen-bond donors (Lipinski definition) is 1. The number of benzene rings is 1. The number of rotatable bonds is 6. The molecule has 0 unspecified atom stereocenters. The topological polar surface area (TPSA) is 130 Å². The Morgan fingerprint density at radius 2 is 1.68 bits per heavy atom. The summed E-state index contributed by atoms with van der Waals surface area (Å²) < 4.78 is 9.78. The van der Waals surface area contributed by atoms with Crippen molar-refractivity contribution in [1.82, 2.24) is 23.1 Å². The summed E-state index contributed by atoms with van der Waals surface area (Å²) in [6.07, 6.45) is 0.899. The van der Waals surface area contributed by atoms with Gasteiger partial charge in [-0.25, -0.2) is 9.20 Å². The molecule has 0 bridgehead atoms. The highest BCUT2D eigenvalue weighted by molar-refractivity contribution is 5.76. The molecule has 1 aromatic carbocycles. The Kier molecular flexibility index (Phi) is 5.86. The van der Waals surface area contributed by atoms with Crippen molar-refractivity contribution in [3.05, 3.63) is 72.1 Å². The smallest absolute Gasteiger partial charge is 0.332 e. The summed E-state index contributed by atoms with van der Waals surface area (Å²) >= 11 is 0. The third-order valence-electron chi connectivity index (χ3n) is 5.77. The van der Waals surface area contributed by atoms with Gasteiger partial charge >= 0.3 is 11.7 Å². The van der Waals surface area contributed by atoms with Gasteiger partial charge in [0.15, 0.2) is 11.2 Å². The molecule has 0 radical (unpaired) electrons. The van der Waals surface area contributed by atoms with Gasteiger partial charge in [-0.15, -0.1) is 0 Å². The van der Waals surface area contributed by atoms with Crippen LogP contribution in [0.25, 0.3) is 16.9 Å². The SMILES string of the molecule is CCCc1c(O)n2c3c(=O)n(C)c(=O)n(C)c3nc2n(Cc2ccc(COC(C)=O)cc2)c1=O. The van der Waals surface area contributed by atoms with Crippen LogP contribution in [0.15, 0.2) is 38.6 Å². The second kappa shape index (κ2) is 8.65. The van der Waals surface area contributed by atoms with Gasteiger partial charge in [-0.2, -0.15) is 4.98 Å². The molecular formula is C23H25N5O6. The maximum Gasteiger partial charge on any atom is 0.332 e. The zero-order valence-corrected chi connectivity index (χ0v) is 19.4. The molecule has 3 aromatic heterocycles. The summed E-state index contributed by atoms with van der Waals surface area (Å²) in [5.41, 5.74) is 0.192. The molecule has 0 fully saturated rings. The third-order valence-corrected chi connectivity index (χ3v) is 5.77. The molecule has 3 heterocycles. The molecule has 0 aliphatic carbocycles. The fraction of sp³-hybridized carbons (Fsp3) is 0.348. The molecule has 0 amide bonds. The normalized spacial score (nSPS) is 11.4. The number of aromatic nitrogens is 5. The number of carbonyl (C=O) groups excluding carboxylic acids is 1. The van der Waals surface area contributed by atoms with Crippen LogP contribution in [0.4, 0.5) is 0 Å². The molecule has 0 aliphatic heterocycles. The Morgan fingerprint density at radius 1 is 1.03 bits per heavy atom. The van der Waals surface area contributed by atoms with Gasteiger partial charge in [0.2, 0.25) is 11.7 Å². The Balaban J connectivity index is 1.96. The standard InChI is InChI=1S/C23H25N5O6/c1-5-6-16-19(30)27(11-14-7-9-15(10-8-14)12-34-13(2)29)22-24-18-17(28(22)20(16)31)21(32)26(4)23(33)25(18)3/h7-10,31H,5-6,11-12H2,1-4H3. The molecule has 0 saturated carbocycles. The van der Waals surface area contributed by atoms with Gasteiger partial charge in [0.1, 0.15) is 6.61 Å². The van der Waals surface area contributed by atoms with Crippen LogP contribution in [-0.2, 0) is 43.2 Å². The highest BCUT2D eigenvalue weighted by Gasteiger charge is 2.24. The summed E-state index contributed by atoms with van der Waals surface area (Å²) in [5, 5.41) is 11.0. The molecule has 34 heavy (non-hydrogen) atoms. The lowest BCUT2D eigenvalue weighted by atomic mass is 10.1. The number of fused-ring (bicyclic) bond motifs is 3. The van der Waals surface area contributed by atoms with Crippen molar-refractivity contribution in [2.45, 2.75) is 39.8 Å². The first-order valence-corrected chi connectivity index (χ1v) is 10.8. The molecule has 0 atom stereocenters. The van der Waals surface area contributed by atoms with Crippen molar-refractivity contribution in [3.63, 3.8) is 0 Å². The maximum absolute atomic E-state index is 13.4. The molecule has 11 heteroatoms. The number of hydrogen-bond acceptors (Lipinski definition) is 7. The van der Waals surface area contributed by atoms with Crippen LogP contribution in [0.2, 0.25) is 0 Å². The summed E-state index contributed by atoms with van der Waals surface area (Å²) in [6.45, 7) is 3.47. The van der Waals surface area contributed by atoms with Crippen molar-refractivity contribution in [3.8, 4) is 5.88 Å². The highest BCUT2D eigenvalue weighted by Crippen LogP contribution is 2.22. The number of aromatic hydroxyl groups is 1. The second-order valence-corrected chi connectivity index (χ2v) is 8.17. The van der Waals surface area contributed by atoms with Gasteiger partial charge < -0.3 is 9.84 Å². The van der Waals surface area contributed by atoms with Crippen LogP contribution in [0, 0.1) is 0 Å². The van der Waals surface area contributed by atoms with Crippen molar-refractivity contribution < 1.29 is 14.6 Å². The van der Waals surface area contributed by atoms with Gasteiger partial charge in [0.25, 0.3) is 11.1 Å². The van der Waals surface area contributed by atoms with Crippen molar-refractivity contribution in [2.24, 2.45) is 14.1 Å². The zero-order valence-electron chi connectivity index (χ0n) is 19.4. The lowest BCUT2D eigenvalue weighted by Gasteiger charge is -2.13. The first kappa shape index (κ1) is 23.0. The predicted molar refractivity (Wildman–Crippen MR) is 124 cm³/mol. The number of ether oxygens (including phenoxy) is 1. The van der Waals surface area contributed by atoms with Crippen LogP contribution in [-0.4, -0.2) is 34.2 Å². The summed E-state index contributed by atoms with van der Waals surface area (Å²) in [5.74, 6) is -0.676. The highest BCUT2D eigenvalue weighted by atomic mass is 16.5. The minimum absolute atomic E-state index is 0.0138. The van der Waals surface area contributed by atoms with Gasteiger partial charge in [-0.3, -0.25) is 28.1 Å². The van der Waals surface area contributed by atoms with Crippen molar-refractivity contribution in [1.29, 1.82) is 0 Å². The molecule has 178 valence electrons. The number of imidazole rings is 1. The van der Waals surface area contributed by atoms with E-state index in [1.807, 2.05) is 6.92 Å². The van der Waals surface area contributed by atoms with E-state index in [1.54, 1.807) is 24.3 Å². The average molecular weight is 467 g/mol. The Hall–Kier alpha value is -4.15. The molecule has 0 saturated heterocycles. The summed E-state index contributed by atoms with van der Waals surface area (Å²) in [7, 11) is 2.83. The lowest BCUT2D eigenvalue weighted by Crippen LogP contribution is -2.37. The Morgan fingerprint density at radius 3 is 2.29 bits per heavy atom. The number of aryl methyl sites for hydroxylation is 1. The van der Waals surface area contributed by atoms with E-state index in [-0.39, 0.29) is 47.5 Å². The Labute approximate surface area is 193 Å². The molecule has 1 N–H and O–H groups in total. The van der Waals surface area contributed by atoms with Crippen LogP contribution in [0.5, 0.6) is 5.88 Å². The van der Waals surface area contributed by atoms with E-state index < -0.39 is 16.8 Å². The fourth-order valence-electron chi connectivity index (χ4n) is 3.97. The molecule has 11 nitrogen and oxygen atoms in total. The van der Waals surface area contributed by atoms with Crippen LogP contribution < -0.4 is 16.8 Å². The van der Waals surface area contributed by atoms with E-state index in [2.05, 4.69) is 4.98 Å². The van der Waals surface area contributed by atoms with E-state index in [0.717, 1.165) is 15.7 Å². The van der Waals surface area contributed by atoms with E-state index in [4.69, 9.17) is 4.74 Å². The summed E-state index contributed by atoms with van der Waals surface area (Å²) in [6, 6.07) is 7.17. The van der Waals surface area contributed by atoms with Crippen molar-refractivity contribution >= 4 is 22.9 Å². The van der Waals surface area contributed by atoms with Crippen LogP contribution in [0.1, 0.15) is 37.0 Å². The first-order valence-electron chi connectivity index (χ1n) is 10.8. The van der Waals surface area contributed by atoms with Gasteiger partial charge in [-0.05, 0) is 17.5 Å². The van der Waals surface area contributed by atoms with E-state index >= 15 is 0 Å². The first-order chi connectivity index (χ1) is 16.1. The van der Waals surface area contributed by atoms with Gasteiger partial charge in [0.05, 0.1) is 12.1 Å².